The molecule has 0 radical (unpaired) electrons. The highest BCUT2D eigenvalue weighted by molar-refractivity contribution is 5.73. The summed E-state index contributed by atoms with van der Waals surface area (Å²) in [6.45, 7) is 2.47. The highest BCUT2D eigenvalue weighted by Gasteiger charge is 2.35. The Bertz CT molecular complexity index is 662. The summed E-state index contributed by atoms with van der Waals surface area (Å²) < 4.78 is 6.37. The van der Waals surface area contributed by atoms with E-state index in [0.29, 0.717) is 17.3 Å². The molecule has 0 spiro atoms. The van der Waals surface area contributed by atoms with Crippen LogP contribution in [0.4, 0.5) is 0 Å². The van der Waals surface area contributed by atoms with E-state index in [1.165, 1.54) is 44.6 Å². The number of quaternary nitrogens is 1. The highest BCUT2D eigenvalue weighted by atomic mass is 16.7. The van der Waals surface area contributed by atoms with Gasteiger partial charge in [0.15, 0.2) is 6.54 Å². The van der Waals surface area contributed by atoms with Crippen molar-refractivity contribution in [2.45, 2.75) is 63.9 Å². The normalized spacial score (nSPS) is 21.3. The summed E-state index contributed by atoms with van der Waals surface area (Å²) in [6, 6.07) is 7.82. The molecule has 1 aromatic carbocycles. The lowest BCUT2D eigenvalue weighted by atomic mass is 10.1. The fraction of sp³-hybridized carbons (Fsp3) is 0.560. The summed E-state index contributed by atoms with van der Waals surface area (Å²) in [7, 11) is 2.09. The van der Waals surface area contributed by atoms with Crippen LogP contribution in [0.15, 0.2) is 30.3 Å². The molecule has 1 saturated heterocycles. The largest absolute Gasteiger partial charge is 0.494 e. The van der Waals surface area contributed by atoms with Crippen molar-refractivity contribution in [1.29, 1.82) is 0 Å². The number of nitrogens with zero attached hydrogens (tertiary/aromatic N) is 1. The van der Waals surface area contributed by atoms with Crippen LogP contribution in [0.1, 0.15) is 63.4 Å². The zero-order valence-corrected chi connectivity index (χ0v) is 17.9. The first-order valence-electron chi connectivity index (χ1n) is 11.0. The summed E-state index contributed by atoms with van der Waals surface area (Å²) in [5.41, 5.74) is 1.00. The number of allylic oxidation sites excluding steroid dienone is 1. The fourth-order valence-corrected chi connectivity index (χ4v) is 3.76. The van der Waals surface area contributed by atoms with Gasteiger partial charge in [0.05, 0.1) is 13.7 Å². The van der Waals surface area contributed by atoms with Gasteiger partial charge in [-0.15, -0.1) is 6.42 Å². The van der Waals surface area contributed by atoms with E-state index < -0.39 is 0 Å². The lowest BCUT2D eigenvalue weighted by molar-refractivity contribution is -1.07. The van der Waals surface area contributed by atoms with Gasteiger partial charge in [0, 0.05) is 6.42 Å². The van der Waals surface area contributed by atoms with Crippen LogP contribution in [0, 0.1) is 12.3 Å². The molecular formula is C25H36NO3+. The Morgan fingerprint density at radius 1 is 1.14 bits per heavy atom. The van der Waals surface area contributed by atoms with Crippen molar-refractivity contribution >= 4 is 12.4 Å². The molecule has 2 rings (SSSR count). The molecule has 0 N–H and O–H groups in total. The fourth-order valence-electron chi connectivity index (χ4n) is 3.76. The third-order valence-electron chi connectivity index (χ3n) is 5.44. The standard InChI is InChI=1S/C25H36NO3/c1-3-19-26(2)20-18-25(29-26)13-9-7-5-4-6-8-10-22-28-24-16-14-23(15-17-24)12-11-21-27/h1,11-12,14-17,21,25H,4-10,13,18-20,22H2,2H3/q+1. The predicted octanol–water partition coefficient (Wildman–Crippen LogP) is 5.18. The van der Waals surface area contributed by atoms with Gasteiger partial charge >= 0.3 is 0 Å². The maximum Gasteiger partial charge on any atom is 0.170 e. The smallest absolute Gasteiger partial charge is 0.170 e. The molecule has 158 valence electrons. The van der Waals surface area contributed by atoms with E-state index >= 15 is 0 Å². The number of unbranched alkanes of at least 4 members (excludes halogenated alkanes) is 6. The van der Waals surface area contributed by atoms with Gasteiger partial charge in [0.2, 0.25) is 0 Å². The Labute approximate surface area is 176 Å². The van der Waals surface area contributed by atoms with Crippen molar-refractivity contribution in [2.24, 2.45) is 0 Å². The molecule has 1 aliphatic heterocycles. The van der Waals surface area contributed by atoms with E-state index in [0.717, 1.165) is 50.0 Å². The third-order valence-corrected chi connectivity index (χ3v) is 5.44. The van der Waals surface area contributed by atoms with Crippen molar-refractivity contribution in [3.8, 4) is 18.1 Å². The van der Waals surface area contributed by atoms with Crippen molar-refractivity contribution in [2.75, 3.05) is 26.7 Å². The van der Waals surface area contributed by atoms with Gasteiger partial charge in [-0.1, -0.05) is 56.7 Å². The summed E-state index contributed by atoms with van der Waals surface area (Å²) in [5.74, 6) is 3.61. The Hall–Kier alpha value is -2.09. The predicted molar refractivity (Wildman–Crippen MR) is 118 cm³/mol. The molecule has 0 saturated carbocycles. The number of terminal acetylenes is 1. The van der Waals surface area contributed by atoms with Gasteiger partial charge in [-0.3, -0.25) is 4.79 Å². The molecule has 2 atom stereocenters. The van der Waals surface area contributed by atoms with Gasteiger partial charge in [-0.05, 0) is 42.5 Å². The number of hydrogen-bond donors (Lipinski definition) is 0. The molecule has 29 heavy (non-hydrogen) atoms. The number of rotatable bonds is 14. The topological polar surface area (TPSA) is 35.5 Å². The summed E-state index contributed by atoms with van der Waals surface area (Å²) in [5, 5.41) is 0. The Morgan fingerprint density at radius 2 is 1.83 bits per heavy atom. The Kier molecular flexibility index (Phi) is 10.5. The number of ether oxygens (including phenoxy) is 1. The van der Waals surface area contributed by atoms with E-state index in [-0.39, 0.29) is 0 Å². The van der Waals surface area contributed by atoms with Gasteiger partial charge in [-0.2, -0.15) is 9.48 Å². The summed E-state index contributed by atoms with van der Waals surface area (Å²) >= 11 is 0. The molecular weight excluding hydrogens is 362 g/mol. The maximum absolute atomic E-state index is 10.3. The average Bonchev–Trinajstić information content (AvgIpc) is 3.09. The quantitative estimate of drug-likeness (QED) is 0.142. The second-order valence-electron chi connectivity index (χ2n) is 8.08. The van der Waals surface area contributed by atoms with E-state index in [1.807, 2.05) is 24.3 Å². The average molecular weight is 399 g/mol. The molecule has 1 aliphatic rings. The number of aldehydes is 1. The van der Waals surface area contributed by atoms with Crippen LogP contribution in [0.3, 0.4) is 0 Å². The zero-order chi connectivity index (χ0) is 20.8. The first kappa shape index (κ1) is 23.2. The maximum atomic E-state index is 10.3. The molecule has 2 unspecified atom stereocenters. The first-order valence-corrected chi connectivity index (χ1v) is 11.0. The van der Waals surface area contributed by atoms with Crippen LogP contribution < -0.4 is 4.74 Å². The molecule has 0 bridgehead atoms. The van der Waals surface area contributed by atoms with E-state index in [1.54, 1.807) is 6.08 Å². The van der Waals surface area contributed by atoms with Crippen LogP contribution in [0.5, 0.6) is 5.75 Å². The minimum absolute atomic E-state index is 0.389. The van der Waals surface area contributed by atoms with Crippen molar-refractivity contribution in [1.82, 2.24) is 0 Å². The number of hydroxylamine groups is 3. The lowest BCUT2D eigenvalue weighted by Gasteiger charge is -2.23. The highest BCUT2D eigenvalue weighted by Crippen LogP contribution is 2.24. The molecule has 1 aromatic rings. The van der Waals surface area contributed by atoms with Gasteiger partial charge in [0.1, 0.15) is 24.7 Å². The Balaban J connectivity index is 1.41. The minimum atomic E-state index is 0.389. The summed E-state index contributed by atoms with van der Waals surface area (Å²) in [6.07, 6.45) is 20.9. The first-order chi connectivity index (χ1) is 14.1. The lowest BCUT2D eigenvalue weighted by Crippen LogP contribution is -2.40. The minimum Gasteiger partial charge on any atom is -0.494 e. The van der Waals surface area contributed by atoms with E-state index in [9.17, 15) is 4.79 Å². The number of carbonyl (C=O) groups is 1. The van der Waals surface area contributed by atoms with Crippen LogP contribution >= 0.6 is 0 Å². The van der Waals surface area contributed by atoms with E-state index in [4.69, 9.17) is 16.0 Å². The van der Waals surface area contributed by atoms with Crippen molar-refractivity contribution in [3.63, 3.8) is 0 Å². The number of hydrogen-bond acceptors (Lipinski definition) is 3. The van der Waals surface area contributed by atoms with Crippen LogP contribution in [0.25, 0.3) is 6.08 Å². The van der Waals surface area contributed by atoms with Crippen LogP contribution in [0.2, 0.25) is 0 Å². The van der Waals surface area contributed by atoms with Crippen LogP contribution in [-0.4, -0.2) is 43.8 Å². The zero-order valence-electron chi connectivity index (χ0n) is 17.9. The molecule has 0 aliphatic carbocycles. The van der Waals surface area contributed by atoms with Crippen molar-refractivity contribution < 1.29 is 19.0 Å². The third kappa shape index (κ3) is 9.30. The SMILES string of the molecule is C#CC[N+]1(C)CCC(CCCCCCCCCOc2ccc(C=CC=O)cc2)O1. The molecule has 1 fully saturated rings. The number of benzene rings is 1. The monoisotopic (exact) mass is 398 g/mol. The molecule has 4 nitrogen and oxygen atoms in total. The molecule has 4 heteroatoms. The van der Waals surface area contributed by atoms with Crippen LogP contribution in [-0.2, 0) is 9.63 Å². The Morgan fingerprint density at radius 3 is 2.52 bits per heavy atom. The molecule has 0 aromatic heterocycles. The molecule has 1 heterocycles. The van der Waals surface area contributed by atoms with Crippen molar-refractivity contribution in [3.05, 3.63) is 35.9 Å². The second kappa shape index (κ2) is 13.2. The second-order valence-corrected chi connectivity index (χ2v) is 8.08. The van der Waals surface area contributed by atoms with Gasteiger partial charge in [-0.25, -0.2) is 0 Å². The molecule has 0 amide bonds. The summed E-state index contributed by atoms with van der Waals surface area (Å²) in [4.78, 5) is 16.4. The van der Waals surface area contributed by atoms with E-state index in [2.05, 4.69) is 13.0 Å². The van der Waals surface area contributed by atoms with Gasteiger partial charge < -0.3 is 4.74 Å². The van der Waals surface area contributed by atoms with Gasteiger partial charge in [0.25, 0.3) is 0 Å². The number of carbonyl (C=O) groups excluding carboxylic acids is 1.